The van der Waals surface area contributed by atoms with Crippen LogP contribution in [0.3, 0.4) is 0 Å². The molecule has 19 heteroatoms. The lowest BCUT2D eigenvalue weighted by Gasteiger charge is -2.26. The van der Waals surface area contributed by atoms with E-state index in [1.807, 2.05) is 22.6 Å². The summed E-state index contributed by atoms with van der Waals surface area (Å²) >= 11 is 1.93. The maximum Gasteiger partial charge on any atom is 0.404 e. The third-order valence-corrected chi connectivity index (χ3v) is 12.6. The molecule has 16 nitrogen and oxygen atoms in total. The van der Waals surface area contributed by atoms with Crippen LogP contribution in [0.25, 0.3) is 11.4 Å². The molecule has 0 saturated carbocycles. The van der Waals surface area contributed by atoms with Gasteiger partial charge in [0.2, 0.25) is 20.0 Å². The van der Waals surface area contributed by atoms with Crippen molar-refractivity contribution in [2.45, 2.75) is 42.4 Å². The predicted octanol–water partition coefficient (Wildman–Crippen LogP) is 4.34. The molecule has 4 aromatic carbocycles. The molecule has 0 radical (unpaired) electrons. The highest BCUT2D eigenvalue weighted by molar-refractivity contribution is 14.1. The van der Waals surface area contributed by atoms with E-state index in [0.717, 1.165) is 5.56 Å². The minimum absolute atomic E-state index is 0.000555. The second-order valence-electron chi connectivity index (χ2n) is 11.9. The Morgan fingerprint density at radius 3 is 1.80 bits per heavy atom. The van der Waals surface area contributed by atoms with Crippen LogP contribution in [0.4, 0.5) is 4.79 Å². The number of carboxylic acid groups (broad SMARTS) is 1. The van der Waals surface area contributed by atoms with Crippen LogP contribution in [-0.2, 0) is 39.7 Å². The van der Waals surface area contributed by atoms with Crippen molar-refractivity contribution in [3.8, 4) is 28.6 Å². The van der Waals surface area contributed by atoms with Crippen molar-refractivity contribution in [2.24, 2.45) is 0 Å². The van der Waals surface area contributed by atoms with Gasteiger partial charge in [-0.2, -0.15) is 4.31 Å². The number of nitrogens with one attached hydrogen (secondary N) is 2. The van der Waals surface area contributed by atoms with Crippen LogP contribution in [0.1, 0.15) is 23.6 Å². The Kier molecular flexibility index (Phi) is 13.1. The summed E-state index contributed by atoms with van der Waals surface area (Å²) in [6.45, 7) is 0.883. The van der Waals surface area contributed by atoms with Gasteiger partial charge in [0.15, 0.2) is 5.82 Å². The average molecular weight is 892 g/mol. The third-order valence-electron chi connectivity index (χ3n) is 8.19. The summed E-state index contributed by atoms with van der Waals surface area (Å²) in [5.74, 6) is 1.77. The zero-order chi connectivity index (χ0) is 39.0. The van der Waals surface area contributed by atoms with Crippen LogP contribution < -0.4 is 24.2 Å². The molecule has 0 bridgehead atoms. The van der Waals surface area contributed by atoms with Gasteiger partial charge in [0.05, 0.1) is 33.4 Å². The number of nitrogens with zero attached hydrogens (tertiary/aromatic N) is 5. The first-order chi connectivity index (χ1) is 25.7. The molecule has 5 aromatic rings. The van der Waals surface area contributed by atoms with Crippen LogP contribution in [0.15, 0.2) is 94.7 Å². The number of tetrazole rings is 1. The first kappa shape index (κ1) is 40.4. The summed E-state index contributed by atoms with van der Waals surface area (Å²) in [4.78, 5) is 10.1. The molecule has 1 heterocycles. The fourth-order valence-corrected chi connectivity index (χ4v) is 9.82. The van der Waals surface area contributed by atoms with E-state index in [-0.39, 0.29) is 37.6 Å². The molecule has 0 aliphatic heterocycles. The molecule has 1 atom stereocenters. The Balaban J connectivity index is 1.71. The number of ether oxygens (including phenoxy) is 3. The Hall–Kier alpha value is -4.83. The lowest BCUT2D eigenvalue weighted by molar-refractivity contribution is 0.191. The first-order valence-corrected chi connectivity index (χ1v) is 20.2. The Labute approximate surface area is 326 Å². The number of benzene rings is 4. The van der Waals surface area contributed by atoms with E-state index in [1.54, 1.807) is 79.9 Å². The lowest BCUT2D eigenvalue weighted by Crippen LogP contribution is -2.41. The van der Waals surface area contributed by atoms with Gasteiger partial charge >= 0.3 is 6.09 Å². The van der Waals surface area contributed by atoms with Crippen LogP contribution in [0, 0.1) is 3.57 Å². The van der Waals surface area contributed by atoms with E-state index < -0.39 is 42.0 Å². The molecule has 3 N–H and O–H groups in total. The molecule has 54 heavy (non-hydrogen) atoms. The van der Waals surface area contributed by atoms with Crippen molar-refractivity contribution in [3.05, 3.63) is 105 Å². The third kappa shape index (κ3) is 9.63. The average Bonchev–Trinajstić information content (AvgIpc) is 3.61. The normalized spacial score (nSPS) is 12.3. The summed E-state index contributed by atoms with van der Waals surface area (Å²) in [6, 6.07) is 22.6. The van der Waals surface area contributed by atoms with Crippen LogP contribution in [-0.4, -0.2) is 86.5 Å². The van der Waals surface area contributed by atoms with Gasteiger partial charge in [0.1, 0.15) is 27.0 Å². The van der Waals surface area contributed by atoms with E-state index in [1.165, 1.54) is 42.3 Å². The molecular formula is C35H38IN7O9S2. The highest BCUT2D eigenvalue weighted by Gasteiger charge is 2.37. The van der Waals surface area contributed by atoms with E-state index in [0.29, 0.717) is 31.9 Å². The topological polar surface area (TPSA) is 204 Å². The van der Waals surface area contributed by atoms with E-state index in [4.69, 9.17) is 19.3 Å². The molecule has 0 spiro atoms. The van der Waals surface area contributed by atoms with Crippen molar-refractivity contribution in [2.75, 3.05) is 27.9 Å². The van der Waals surface area contributed by atoms with Crippen LogP contribution >= 0.6 is 22.6 Å². The van der Waals surface area contributed by atoms with Gasteiger partial charge in [-0.15, -0.1) is 5.10 Å². The monoisotopic (exact) mass is 891 g/mol. The lowest BCUT2D eigenvalue weighted by atomic mass is 10.2. The number of methoxy groups -OCH3 is 3. The van der Waals surface area contributed by atoms with Gasteiger partial charge in [0.25, 0.3) is 0 Å². The minimum atomic E-state index is -4.77. The maximum atomic E-state index is 15.3. The van der Waals surface area contributed by atoms with Crippen molar-refractivity contribution in [1.29, 1.82) is 0 Å². The smallest absolute Gasteiger partial charge is 0.404 e. The van der Waals surface area contributed by atoms with E-state index in [2.05, 4.69) is 25.6 Å². The van der Waals surface area contributed by atoms with Crippen molar-refractivity contribution in [3.63, 3.8) is 0 Å². The Morgan fingerprint density at radius 2 is 1.31 bits per heavy atom. The molecular weight excluding hydrogens is 853 g/mol. The summed E-state index contributed by atoms with van der Waals surface area (Å²) < 4.78 is 80.2. The summed E-state index contributed by atoms with van der Waals surface area (Å²) in [6.07, 6.45) is -1.35. The number of rotatable bonds is 17. The highest BCUT2D eigenvalue weighted by Crippen LogP contribution is 2.38. The standard InChI is InChI=1S/C35H38IN7O9S2/c1-23(38-35(44)45)19-37-53(46,47)31-18-17-30(36)32(34-39-40-41-43(34)22-26-9-15-29(52-4)16-10-26)33(31)54(48,49)42(20-24-5-11-27(50-2)12-6-24)21-25-7-13-28(51-3)14-8-25/h5-18,23,37-38H,19-22H2,1-4H3,(H,44,45)/t23-/m0/s1. The molecule has 5 rings (SSSR count). The quantitative estimate of drug-likeness (QED) is 0.112. The van der Waals surface area contributed by atoms with Crippen molar-refractivity contribution in [1.82, 2.24) is 34.6 Å². The van der Waals surface area contributed by atoms with Gasteiger partial charge in [0, 0.05) is 29.2 Å². The maximum absolute atomic E-state index is 15.3. The highest BCUT2D eigenvalue weighted by atomic mass is 127. The zero-order valence-electron chi connectivity index (χ0n) is 29.6. The largest absolute Gasteiger partial charge is 0.497 e. The summed E-state index contributed by atoms with van der Waals surface area (Å²) in [7, 11) is -4.81. The minimum Gasteiger partial charge on any atom is -0.497 e. The van der Waals surface area contributed by atoms with E-state index >= 15 is 8.42 Å². The summed E-state index contributed by atoms with van der Waals surface area (Å²) in [5, 5.41) is 23.6. The zero-order valence-corrected chi connectivity index (χ0v) is 33.4. The first-order valence-electron chi connectivity index (χ1n) is 16.2. The van der Waals surface area contributed by atoms with Crippen molar-refractivity contribution < 1.29 is 40.9 Å². The molecule has 0 saturated heterocycles. The number of amides is 1. The fraction of sp³-hybridized carbons (Fsp3) is 0.257. The van der Waals surface area contributed by atoms with E-state index in [9.17, 15) is 13.2 Å². The SMILES string of the molecule is COc1ccc(CN(Cc2ccc(OC)cc2)S(=O)(=O)c2c(S(=O)(=O)NC[C@H](C)NC(=O)O)ccc(I)c2-c2nnnn2Cc2ccc(OC)cc2)cc1. The number of carbonyl (C=O) groups is 1. The Bertz CT molecular complexity index is 2240. The van der Waals surface area contributed by atoms with Gasteiger partial charge < -0.3 is 24.6 Å². The fourth-order valence-electron chi connectivity index (χ4n) is 5.41. The number of sulfonamides is 2. The van der Waals surface area contributed by atoms with Crippen molar-refractivity contribution >= 4 is 48.7 Å². The Morgan fingerprint density at radius 1 is 0.815 bits per heavy atom. The van der Waals surface area contributed by atoms with Gasteiger partial charge in [-0.1, -0.05) is 36.4 Å². The number of halogens is 1. The molecule has 1 amide bonds. The second-order valence-corrected chi connectivity index (χ2v) is 16.7. The number of hydrogen-bond donors (Lipinski definition) is 3. The molecule has 0 unspecified atom stereocenters. The summed E-state index contributed by atoms with van der Waals surface area (Å²) in [5.41, 5.74) is 1.92. The number of aromatic nitrogens is 4. The number of hydrogen-bond acceptors (Lipinski definition) is 11. The predicted molar refractivity (Wildman–Crippen MR) is 206 cm³/mol. The molecule has 0 aliphatic carbocycles. The molecule has 286 valence electrons. The molecule has 1 aromatic heterocycles. The van der Waals surface area contributed by atoms with Gasteiger partial charge in [-0.05, 0) is 105 Å². The van der Waals surface area contributed by atoms with Gasteiger partial charge in [-0.25, -0.2) is 31.0 Å². The second kappa shape index (κ2) is 17.5. The molecule has 0 fully saturated rings. The van der Waals surface area contributed by atoms with Crippen LogP contribution in [0.5, 0.6) is 17.2 Å². The van der Waals surface area contributed by atoms with Crippen LogP contribution in [0.2, 0.25) is 0 Å². The molecule has 0 aliphatic rings. The van der Waals surface area contributed by atoms with Gasteiger partial charge in [-0.3, -0.25) is 0 Å².